The van der Waals surface area contributed by atoms with E-state index in [9.17, 15) is 4.79 Å². The highest BCUT2D eigenvalue weighted by atomic mass is 32.2. The molecule has 1 aliphatic carbocycles. The molecule has 1 saturated carbocycles. The zero-order valence-electron chi connectivity index (χ0n) is 11.2. The molecule has 1 aromatic heterocycles. The Labute approximate surface area is 117 Å². The lowest BCUT2D eigenvalue weighted by atomic mass is 10.2. The van der Waals surface area contributed by atoms with E-state index in [4.69, 9.17) is 4.42 Å². The average molecular weight is 280 g/mol. The van der Waals surface area contributed by atoms with Crippen LogP contribution in [-0.4, -0.2) is 40.9 Å². The number of carbonyl (C=O) groups is 1. The summed E-state index contributed by atoms with van der Waals surface area (Å²) in [7, 11) is 0. The predicted octanol–water partition coefficient (Wildman–Crippen LogP) is 1.78. The highest BCUT2D eigenvalue weighted by Gasteiger charge is 2.36. The van der Waals surface area contributed by atoms with Gasteiger partial charge in [0.2, 0.25) is 5.91 Å². The van der Waals surface area contributed by atoms with E-state index in [0.29, 0.717) is 12.6 Å². The lowest BCUT2D eigenvalue weighted by Crippen LogP contribution is -2.51. The predicted molar refractivity (Wildman–Crippen MR) is 76.1 cm³/mol. The molecule has 0 spiro atoms. The molecule has 0 aromatic carbocycles. The molecule has 0 radical (unpaired) electrons. The van der Waals surface area contributed by atoms with Crippen molar-refractivity contribution < 1.29 is 9.21 Å². The Kier molecular flexibility index (Phi) is 3.84. The Bertz CT molecular complexity index is 450. The zero-order chi connectivity index (χ0) is 13.2. The summed E-state index contributed by atoms with van der Waals surface area (Å²) in [5.41, 5.74) is 0. The Hall–Kier alpha value is -0.940. The van der Waals surface area contributed by atoms with E-state index >= 15 is 0 Å². The summed E-state index contributed by atoms with van der Waals surface area (Å²) in [4.78, 5) is 14.6. The van der Waals surface area contributed by atoms with E-state index in [1.807, 2.05) is 35.7 Å². The number of rotatable bonds is 4. The van der Waals surface area contributed by atoms with Crippen molar-refractivity contribution in [2.24, 2.45) is 0 Å². The monoisotopic (exact) mass is 280 g/mol. The van der Waals surface area contributed by atoms with E-state index in [2.05, 4.69) is 5.32 Å². The maximum absolute atomic E-state index is 12.6. The second-order valence-electron chi connectivity index (χ2n) is 5.29. The van der Waals surface area contributed by atoms with Crippen LogP contribution >= 0.6 is 11.8 Å². The van der Waals surface area contributed by atoms with Crippen LogP contribution in [0.5, 0.6) is 0 Å². The van der Waals surface area contributed by atoms with Crippen LogP contribution in [0.25, 0.3) is 0 Å². The van der Waals surface area contributed by atoms with Crippen LogP contribution in [0.1, 0.15) is 24.4 Å². The molecule has 1 aromatic rings. The SMILES string of the molecule is Cc1ccc(CN(C(=O)C2CSCCN2)C2CC2)o1. The molecule has 1 amide bonds. The smallest absolute Gasteiger partial charge is 0.241 e. The number of hydrogen-bond donors (Lipinski definition) is 1. The summed E-state index contributed by atoms with van der Waals surface area (Å²) in [6, 6.07) is 4.34. The van der Waals surface area contributed by atoms with Gasteiger partial charge in [0.05, 0.1) is 12.6 Å². The second-order valence-corrected chi connectivity index (χ2v) is 6.44. The number of nitrogens with one attached hydrogen (secondary N) is 1. The number of aryl methyl sites for hydroxylation is 1. The number of hydrogen-bond acceptors (Lipinski definition) is 4. The number of amides is 1. The molecular formula is C14H20N2O2S. The van der Waals surface area contributed by atoms with E-state index in [-0.39, 0.29) is 11.9 Å². The third-order valence-corrected chi connectivity index (χ3v) is 4.67. The Morgan fingerprint density at radius 1 is 1.53 bits per heavy atom. The van der Waals surface area contributed by atoms with E-state index in [1.165, 1.54) is 0 Å². The van der Waals surface area contributed by atoms with Gasteiger partial charge in [-0.25, -0.2) is 0 Å². The molecule has 2 heterocycles. The molecule has 1 aliphatic heterocycles. The van der Waals surface area contributed by atoms with Crippen LogP contribution in [0.3, 0.4) is 0 Å². The van der Waals surface area contributed by atoms with Gasteiger partial charge in [-0.05, 0) is 31.9 Å². The lowest BCUT2D eigenvalue weighted by molar-refractivity contribution is -0.134. The molecule has 104 valence electrons. The minimum absolute atomic E-state index is 0.0181. The molecule has 0 bridgehead atoms. The van der Waals surface area contributed by atoms with Gasteiger partial charge in [-0.3, -0.25) is 4.79 Å². The van der Waals surface area contributed by atoms with Crippen molar-refractivity contribution in [1.82, 2.24) is 10.2 Å². The Balaban J connectivity index is 1.67. The van der Waals surface area contributed by atoms with Gasteiger partial charge in [0.1, 0.15) is 11.5 Å². The first kappa shape index (κ1) is 13.1. The van der Waals surface area contributed by atoms with Crippen LogP contribution in [0, 0.1) is 6.92 Å². The molecule has 1 atom stereocenters. The van der Waals surface area contributed by atoms with E-state index in [1.54, 1.807) is 0 Å². The highest BCUT2D eigenvalue weighted by Crippen LogP contribution is 2.30. The lowest BCUT2D eigenvalue weighted by Gasteiger charge is -2.29. The van der Waals surface area contributed by atoms with Gasteiger partial charge in [-0.1, -0.05) is 0 Å². The topological polar surface area (TPSA) is 45.5 Å². The molecule has 3 rings (SSSR count). The van der Waals surface area contributed by atoms with Crippen LogP contribution in [0.15, 0.2) is 16.5 Å². The summed E-state index contributed by atoms with van der Waals surface area (Å²) in [5, 5.41) is 3.33. The Morgan fingerprint density at radius 2 is 2.37 bits per heavy atom. The van der Waals surface area contributed by atoms with Crippen molar-refractivity contribution >= 4 is 17.7 Å². The van der Waals surface area contributed by atoms with Gasteiger partial charge < -0.3 is 14.6 Å². The van der Waals surface area contributed by atoms with Gasteiger partial charge in [-0.2, -0.15) is 11.8 Å². The summed E-state index contributed by atoms with van der Waals surface area (Å²) >= 11 is 1.86. The molecule has 4 nitrogen and oxygen atoms in total. The van der Waals surface area contributed by atoms with Crippen LogP contribution in [-0.2, 0) is 11.3 Å². The van der Waals surface area contributed by atoms with Crippen molar-refractivity contribution in [1.29, 1.82) is 0 Å². The average Bonchev–Trinajstić information content (AvgIpc) is 3.20. The first-order chi connectivity index (χ1) is 9.24. The van der Waals surface area contributed by atoms with Crippen molar-refractivity contribution in [2.45, 2.75) is 38.4 Å². The number of carbonyl (C=O) groups excluding carboxylic acids is 1. The standard InChI is InChI=1S/C14H20N2O2S/c1-10-2-5-12(18-10)8-16(11-3-4-11)14(17)13-9-19-7-6-15-13/h2,5,11,13,15H,3-4,6-9H2,1H3. The summed E-state index contributed by atoms with van der Waals surface area (Å²) < 4.78 is 5.61. The van der Waals surface area contributed by atoms with Gasteiger partial charge in [0.15, 0.2) is 0 Å². The van der Waals surface area contributed by atoms with Crippen LogP contribution in [0.2, 0.25) is 0 Å². The Morgan fingerprint density at radius 3 is 2.95 bits per heavy atom. The van der Waals surface area contributed by atoms with Crippen molar-refractivity contribution in [3.05, 3.63) is 23.7 Å². The normalized spacial score (nSPS) is 23.3. The quantitative estimate of drug-likeness (QED) is 0.913. The fourth-order valence-corrected chi connectivity index (χ4v) is 3.36. The first-order valence-electron chi connectivity index (χ1n) is 6.91. The van der Waals surface area contributed by atoms with Crippen LogP contribution in [0.4, 0.5) is 0 Å². The highest BCUT2D eigenvalue weighted by molar-refractivity contribution is 7.99. The van der Waals surface area contributed by atoms with E-state index in [0.717, 1.165) is 42.4 Å². The van der Waals surface area contributed by atoms with Crippen molar-refractivity contribution in [2.75, 3.05) is 18.1 Å². The van der Waals surface area contributed by atoms with Crippen molar-refractivity contribution in [3.8, 4) is 0 Å². The minimum Gasteiger partial charge on any atom is -0.464 e. The molecule has 2 fully saturated rings. The van der Waals surface area contributed by atoms with Crippen molar-refractivity contribution in [3.63, 3.8) is 0 Å². The van der Waals surface area contributed by atoms with E-state index < -0.39 is 0 Å². The third kappa shape index (κ3) is 3.15. The summed E-state index contributed by atoms with van der Waals surface area (Å²) in [6.45, 7) is 3.48. The van der Waals surface area contributed by atoms with Gasteiger partial charge >= 0.3 is 0 Å². The molecule has 2 aliphatic rings. The molecule has 5 heteroatoms. The maximum atomic E-state index is 12.6. The van der Waals surface area contributed by atoms with Gasteiger partial charge in [-0.15, -0.1) is 0 Å². The fraction of sp³-hybridized carbons (Fsp3) is 0.643. The maximum Gasteiger partial charge on any atom is 0.241 e. The summed E-state index contributed by atoms with van der Waals surface area (Å²) in [6.07, 6.45) is 2.26. The number of nitrogens with zero attached hydrogens (tertiary/aromatic N) is 1. The zero-order valence-corrected chi connectivity index (χ0v) is 12.0. The third-order valence-electron chi connectivity index (χ3n) is 3.61. The van der Waals surface area contributed by atoms with Crippen LogP contribution < -0.4 is 5.32 Å². The second kappa shape index (κ2) is 5.59. The molecular weight excluding hydrogens is 260 g/mol. The number of furan rings is 1. The first-order valence-corrected chi connectivity index (χ1v) is 8.06. The van der Waals surface area contributed by atoms with Gasteiger partial charge in [0, 0.05) is 24.1 Å². The molecule has 19 heavy (non-hydrogen) atoms. The molecule has 1 N–H and O–H groups in total. The molecule has 1 saturated heterocycles. The molecule has 1 unspecified atom stereocenters. The summed E-state index contributed by atoms with van der Waals surface area (Å²) in [5.74, 6) is 4.03. The van der Waals surface area contributed by atoms with Gasteiger partial charge in [0.25, 0.3) is 0 Å². The number of thioether (sulfide) groups is 1. The fourth-order valence-electron chi connectivity index (χ4n) is 2.44. The largest absolute Gasteiger partial charge is 0.464 e. The minimum atomic E-state index is -0.0181.